The molecule has 0 rings (SSSR count). The molecule has 52 valence electrons. The molecule has 0 aromatic heterocycles. The fourth-order valence-electron chi connectivity index (χ4n) is 0.214. The summed E-state index contributed by atoms with van der Waals surface area (Å²) in [5, 5.41) is 10.2. The molecule has 0 aromatic rings. The van der Waals surface area contributed by atoms with Gasteiger partial charge in [-0.2, -0.15) is 0 Å². The molecule has 5 heteroatoms. The van der Waals surface area contributed by atoms with Gasteiger partial charge in [0.1, 0.15) is 0 Å². The van der Waals surface area contributed by atoms with E-state index in [9.17, 15) is 9.90 Å². The molecule has 0 atom stereocenters. The van der Waals surface area contributed by atoms with Crippen molar-refractivity contribution in [2.75, 3.05) is 14.2 Å². The molecule has 0 amide bonds. The van der Waals surface area contributed by atoms with Crippen molar-refractivity contribution in [1.82, 2.24) is 0 Å². The second-order valence-corrected chi connectivity index (χ2v) is 1.19. The van der Waals surface area contributed by atoms with Gasteiger partial charge in [0.15, 0.2) is 0 Å². The van der Waals surface area contributed by atoms with Gasteiger partial charge in [-0.05, 0) is 7.11 Å². The van der Waals surface area contributed by atoms with E-state index in [0.29, 0.717) is 0 Å². The van der Waals surface area contributed by atoms with Gasteiger partial charge in [0, 0.05) is 6.08 Å². The standard InChI is InChI=1S/C5H8O4.Li/c1-8-4(6)3-5(7)9-2;/h3,6H,1-2H3;/q;+1/p-1/b4-3-;. The first-order chi connectivity index (χ1) is 4.20. The van der Waals surface area contributed by atoms with Crippen LogP contribution in [0.2, 0.25) is 0 Å². The molecule has 0 N–H and O–H groups in total. The van der Waals surface area contributed by atoms with Crippen LogP contribution in [0.5, 0.6) is 0 Å². The van der Waals surface area contributed by atoms with E-state index in [1.165, 1.54) is 14.2 Å². The van der Waals surface area contributed by atoms with Crippen molar-refractivity contribution in [3.8, 4) is 0 Å². The number of carbonyl (C=O) groups is 1. The number of esters is 1. The quantitative estimate of drug-likeness (QED) is 0.169. The van der Waals surface area contributed by atoms with Gasteiger partial charge >= 0.3 is 24.8 Å². The molecule has 0 saturated heterocycles. The van der Waals surface area contributed by atoms with Crippen LogP contribution in [0.4, 0.5) is 0 Å². The smallest absolute Gasteiger partial charge is 0.616 e. The van der Waals surface area contributed by atoms with Crippen molar-refractivity contribution < 1.29 is 38.2 Å². The molecule has 0 aliphatic rings. The summed E-state index contributed by atoms with van der Waals surface area (Å²) in [6, 6.07) is 0. The summed E-state index contributed by atoms with van der Waals surface area (Å²) in [6.07, 6.45) is 0.722. The van der Waals surface area contributed by atoms with Crippen LogP contribution in [0.1, 0.15) is 0 Å². The van der Waals surface area contributed by atoms with E-state index in [-0.39, 0.29) is 18.9 Å². The second-order valence-electron chi connectivity index (χ2n) is 1.19. The number of carbonyl (C=O) groups excluding carboxylic acids is 1. The zero-order valence-corrected chi connectivity index (χ0v) is 6.21. The Labute approximate surface area is 71.0 Å². The van der Waals surface area contributed by atoms with Crippen LogP contribution < -0.4 is 24.0 Å². The number of rotatable bonds is 2. The van der Waals surface area contributed by atoms with E-state index in [4.69, 9.17) is 0 Å². The van der Waals surface area contributed by atoms with E-state index in [0.717, 1.165) is 6.08 Å². The Hall–Kier alpha value is -0.593. The number of ether oxygens (including phenoxy) is 2. The SMILES string of the molecule is COC(=O)/C=C(/[O-])OC.[Li+]. The third-order valence-electron chi connectivity index (χ3n) is 0.638. The fraction of sp³-hybridized carbons (Fsp3) is 0.400. The number of hydrogen-bond acceptors (Lipinski definition) is 4. The largest absolute Gasteiger partial charge is 1.00 e. The van der Waals surface area contributed by atoms with E-state index in [1.807, 2.05) is 0 Å². The summed E-state index contributed by atoms with van der Waals surface area (Å²) < 4.78 is 8.25. The van der Waals surface area contributed by atoms with Gasteiger partial charge in [0.25, 0.3) is 0 Å². The van der Waals surface area contributed by atoms with Crippen LogP contribution >= 0.6 is 0 Å². The Morgan fingerprint density at radius 2 is 1.90 bits per heavy atom. The van der Waals surface area contributed by atoms with Crippen LogP contribution in [0.25, 0.3) is 0 Å². The number of methoxy groups -OCH3 is 2. The Morgan fingerprint density at radius 3 is 2.20 bits per heavy atom. The van der Waals surface area contributed by atoms with Crippen LogP contribution in [0.15, 0.2) is 12.0 Å². The zero-order valence-electron chi connectivity index (χ0n) is 6.21. The minimum absolute atomic E-state index is 0. The minimum Gasteiger partial charge on any atom is -0.616 e. The van der Waals surface area contributed by atoms with Crippen LogP contribution in [0.3, 0.4) is 0 Å². The van der Waals surface area contributed by atoms with E-state index in [2.05, 4.69) is 9.47 Å². The van der Waals surface area contributed by atoms with Crippen LogP contribution in [-0.4, -0.2) is 20.2 Å². The molecule has 0 unspecified atom stereocenters. The second kappa shape index (κ2) is 6.53. The van der Waals surface area contributed by atoms with Gasteiger partial charge in [-0.3, -0.25) is 0 Å². The molecule has 0 radical (unpaired) electrons. The Balaban J connectivity index is 0. The van der Waals surface area contributed by atoms with Gasteiger partial charge in [0.2, 0.25) is 0 Å². The molecule has 0 aliphatic carbocycles. The average Bonchev–Trinajstić information content (AvgIpc) is 1.87. The third-order valence-corrected chi connectivity index (χ3v) is 0.638. The number of hydrogen-bond donors (Lipinski definition) is 0. The Bertz CT molecular complexity index is 132. The van der Waals surface area contributed by atoms with E-state index >= 15 is 0 Å². The Morgan fingerprint density at radius 1 is 1.40 bits per heavy atom. The third kappa shape index (κ3) is 5.54. The maximum atomic E-state index is 10.2. The van der Waals surface area contributed by atoms with Crippen molar-refractivity contribution in [3.63, 3.8) is 0 Å². The summed E-state index contributed by atoms with van der Waals surface area (Å²) in [4.78, 5) is 10.2. The summed E-state index contributed by atoms with van der Waals surface area (Å²) >= 11 is 0. The molecule has 10 heavy (non-hydrogen) atoms. The first kappa shape index (κ1) is 12.1. The summed E-state index contributed by atoms with van der Waals surface area (Å²) in [7, 11) is 2.36. The first-order valence-corrected chi connectivity index (χ1v) is 2.21. The van der Waals surface area contributed by atoms with Gasteiger partial charge in [0.05, 0.1) is 13.1 Å². The molecule has 0 heterocycles. The van der Waals surface area contributed by atoms with Crippen LogP contribution in [0, 0.1) is 0 Å². The topological polar surface area (TPSA) is 58.6 Å². The van der Waals surface area contributed by atoms with Crippen molar-refractivity contribution in [1.29, 1.82) is 0 Å². The molecule has 0 spiro atoms. The maximum absolute atomic E-state index is 10.2. The van der Waals surface area contributed by atoms with E-state index in [1.54, 1.807) is 0 Å². The fourth-order valence-corrected chi connectivity index (χ4v) is 0.214. The summed E-state index contributed by atoms with van der Waals surface area (Å²) in [5.74, 6) is -1.41. The monoisotopic (exact) mass is 138 g/mol. The van der Waals surface area contributed by atoms with Gasteiger partial charge < -0.3 is 14.6 Å². The first-order valence-electron chi connectivity index (χ1n) is 2.21. The maximum Gasteiger partial charge on any atom is 1.00 e. The normalized spacial score (nSPS) is 9.60. The summed E-state index contributed by atoms with van der Waals surface area (Å²) in [5.41, 5.74) is 0. The van der Waals surface area contributed by atoms with Crippen molar-refractivity contribution in [2.24, 2.45) is 0 Å². The van der Waals surface area contributed by atoms with Crippen molar-refractivity contribution in [3.05, 3.63) is 12.0 Å². The Kier molecular flexibility index (Phi) is 7.91. The molecule has 4 nitrogen and oxygen atoms in total. The van der Waals surface area contributed by atoms with Gasteiger partial charge in [-0.1, -0.05) is 0 Å². The van der Waals surface area contributed by atoms with Crippen molar-refractivity contribution >= 4 is 5.97 Å². The molecule has 0 aromatic carbocycles. The minimum atomic E-state index is -0.707. The van der Waals surface area contributed by atoms with Crippen LogP contribution in [-0.2, 0) is 14.3 Å². The van der Waals surface area contributed by atoms with Gasteiger partial charge in [-0.15, -0.1) is 0 Å². The van der Waals surface area contributed by atoms with Gasteiger partial charge in [-0.25, -0.2) is 4.79 Å². The predicted octanol–water partition coefficient (Wildman–Crippen LogP) is -3.99. The summed E-state index contributed by atoms with van der Waals surface area (Å²) in [6.45, 7) is 0. The van der Waals surface area contributed by atoms with E-state index < -0.39 is 11.9 Å². The molecule has 0 saturated carbocycles. The predicted molar refractivity (Wildman–Crippen MR) is 27.1 cm³/mol. The molecule has 0 fully saturated rings. The molecule has 0 aliphatic heterocycles. The zero-order chi connectivity index (χ0) is 7.28. The molecular weight excluding hydrogens is 131 g/mol. The average molecular weight is 138 g/mol. The molecular formula is C5H7LiO4. The molecule has 0 bridgehead atoms. The van der Waals surface area contributed by atoms with Crippen molar-refractivity contribution in [2.45, 2.75) is 0 Å².